The molecular weight excluding hydrogens is 675 g/mol. The van der Waals surface area contributed by atoms with Gasteiger partial charge in [0.05, 0.1) is 16.4 Å². The lowest BCUT2D eigenvalue weighted by Crippen LogP contribution is -2.14. The molecule has 8 heteroatoms. The first-order valence-electron chi connectivity index (χ1n) is 10.2. The van der Waals surface area contributed by atoms with Crippen LogP contribution in [0.2, 0.25) is 0 Å². The van der Waals surface area contributed by atoms with Gasteiger partial charge in [0.2, 0.25) is 0 Å². The van der Waals surface area contributed by atoms with Gasteiger partial charge in [-0.1, -0.05) is 29.8 Å². The molecule has 0 saturated heterocycles. The smallest absolute Gasteiger partial charge is 0.266 e. The lowest BCUT2D eigenvalue weighted by atomic mass is 10.1. The molecular formula is C26H21Br2IN2O3. The molecule has 0 heterocycles. The van der Waals surface area contributed by atoms with Crippen molar-refractivity contribution in [3.8, 4) is 17.6 Å². The van der Waals surface area contributed by atoms with E-state index >= 15 is 0 Å². The molecule has 1 N–H and O–H groups in total. The number of carbonyl (C=O) groups excluding carboxylic acids is 1. The summed E-state index contributed by atoms with van der Waals surface area (Å²) in [5.41, 5.74) is 4.43. The lowest BCUT2D eigenvalue weighted by molar-refractivity contribution is -0.112. The number of halogens is 3. The van der Waals surface area contributed by atoms with Gasteiger partial charge in [0.25, 0.3) is 5.91 Å². The molecule has 0 aliphatic carbocycles. The summed E-state index contributed by atoms with van der Waals surface area (Å²) in [7, 11) is 1.56. The van der Waals surface area contributed by atoms with E-state index in [0.717, 1.165) is 23.6 Å². The van der Waals surface area contributed by atoms with E-state index < -0.39 is 5.91 Å². The Balaban J connectivity index is 1.84. The summed E-state index contributed by atoms with van der Waals surface area (Å²) in [5.74, 6) is 0.615. The molecule has 5 nitrogen and oxygen atoms in total. The van der Waals surface area contributed by atoms with E-state index in [9.17, 15) is 10.1 Å². The fraction of sp³-hybridized carbons (Fsp3) is 0.154. The summed E-state index contributed by atoms with van der Waals surface area (Å²) < 4.78 is 13.8. The second-order valence-corrected chi connectivity index (χ2v) is 10.4. The number of nitrogens with one attached hydrogen (secondary N) is 1. The van der Waals surface area contributed by atoms with Gasteiger partial charge in [-0.25, -0.2) is 0 Å². The summed E-state index contributed by atoms with van der Waals surface area (Å²) in [4.78, 5) is 12.8. The Bertz CT molecular complexity index is 1280. The quantitative estimate of drug-likeness (QED) is 0.157. The van der Waals surface area contributed by atoms with Crippen molar-refractivity contribution >= 4 is 72.1 Å². The number of methoxy groups -OCH3 is 1. The maximum Gasteiger partial charge on any atom is 0.266 e. The van der Waals surface area contributed by atoms with Crippen LogP contribution in [0.25, 0.3) is 6.08 Å². The molecule has 3 rings (SSSR count). The third-order valence-corrected chi connectivity index (χ3v) is 6.91. The first-order chi connectivity index (χ1) is 16.2. The number of hydrogen-bond donors (Lipinski definition) is 1. The molecule has 3 aromatic rings. The number of anilines is 1. The standard InChI is InChI=1S/C26H21Br2IN2O3/c1-15-4-6-17(7-5-15)14-34-25-22(29)11-18(12-23(25)33-3)10-19(13-30)26(32)31-24-20(27)8-16(2)9-21(24)28/h4-12H,14H2,1-3H3,(H,31,32)/b19-10+. The van der Waals surface area contributed by atoms with Gasteiger partial charge in [-0.05, 0) is 115 Å². The largest absolute Gasteiger partial charge is 0.493 e. The Hall–Kier alpha value is -2.35. The maximum atomic E-state index is 12.8. The third kappa shape index (κ3) is 6.62. The minimum Gasteiger partial charge on any atom is -0.493 e. The van der Waals surface area contributed by atoms with Gasteiger partial charge in [-0.3, -0.25) is 4.79 Å². The van der Waals surface area contributed by atoms with Crippen LogP contribution in [0.15, 0.2) is 63.0 Å². The van der Waals surface area contributed by atoms with Crippen molar-refractivity contribution in [2.24, 2.45) is 0 Å². The number of amides is 1. The van der Waals surface area contributed by atoms with Crippen molar-refractivity contribution in [1.29, 1.82) is 5.26 Å². The minimum absolute atomic E-state index is 0.0365. The lowest BCUT2D eigenvalue weighted by Gasteiger charge is -2.14. The summed E-state index contributed by atoms with van der Waals surface area (Å²) >= 11 is 9.07. The van der Waals surface area contributed by atoms with Crippen molar-refractivity contribution in [2.45, 2.75) is 20.5 Å². The highest BCUT2D eigenvalue weighted by molar-refractivity contribution is 14.1. The minimum atomic E-state index is -0.513. The van der Waals surface area contributed by atoms with Gasteiger partial charge in [0.1, 0.15) is 18.2 Å². The Kier molecular flexibility index (Phi) is 9.17. The molecule has 0 aliphatic heterocycles. The second kappa shape index (κ2) is 11.9. The van der Waals surface area contributed by atoms with Crippen LogP contribution in [0.1, 0.15) is 22.3 Å². The van der Waals surface area contributed by atoms with Crippen molar-refractivity contribution in [3.63, 3.8) is 0 Å². The zero-order valence-electron chi connectivity index (χ0n) is 18.7. The van der Waals surface area contributed by atoms with Gasteiger partial charge in [0, 0.05) is 8.95 Å². The monoisotopic (exact) mass is 694 g/mol. The van der Waals surface area contributed by atoms with Crippen molar-refractivity contribution in [3.05, 3.63) is 88.9 Å². The SMILES string of the molecule is COc1cc(/C=C(\C#N)C(=O)Nc2c(Br)cc(C)cc2Br)cc(I)c1OCc1ccc(C)cc1. The van der Waals surface area contributed by atoms with Crippen LogP contribution in [-0.2, 0) is 11.4 Å². The number of benzene rings is 3. The first-order valence-corrected chi connectivity index (χ1v) is 12.8. The highest BCUT2D eigenvalue weighted by Crippen LogP contribution is 2.36. The van der Waals surface area contributed by atoms with E-state index in [1.54, 1.807) is 13.2 Å². The number of rotatable bonds is 7. The zero-order valence-corrected chi connectivity index (χ0v) is 24.0. The number of ether oxygens (including phenoxy) is 2. The van der Waals surface area contributed by atoms with Gasteiger partial charge >= 0.3 is 0 Å². The zero-order chi connectivity index (χ0) is 24.8. The number of carbonyl (C=O) groups is 1. The van der Waals surface area contributed by atoms with Gasteiger partial charge < -0.3 is 14.8 Å². The first kappa shape index (κ1) is 26.3. The summed E-state index contributed by atoms with van der Waals surface area (Å²) in [6, 6.07) is 17.5. The van der Waals surface area contributed by atoms with Crippen LogP contribution in [0, 0.1) is 28.7 Å². The number of hydrogen-bond acceptors (Lipinski definition) is 4. The molecule has 0 saturated carbocycles. The number of nitriles is 1. The summed E-state index contributed by atoms with van der Waals surface area (Å²) in [5, 5.41) is 12.4. The number of aryl methyl sites for hydroxylation is 2. The van der Waals surface area contributed by atoms with Gasteiger partial charge in [-0.2, -0.15) is 5.26 Å². The number of nitrogens with zero attached hydrogens (tertiary/aromatic N) is 1. The fourth-order valence-corrected chi connectivity index (χ4v) is 5.51. The topological polar surface area (TPSA) is 71.3 Å². The Labute approximate surface area is 229 Å². The van der Waals surface area contributed by atoms with Crippen LogP contribution >= 0.6 is 54.5 Å². The molecule has 0 unspecified atom stereocenters. The van der Waals surface area contributed by atoms with Crippen LogP contribution in [0.4, 0.5) is 5.69 Å². The molecule has 0 bridgehead atoms. The van der Waals surface area contributed by atoms with Crippen LogP contribution in [0.3, 0.4) is 0 Å². The molecule has 0 aromatic heterocycles. The Morgan fingerprint density at radius 3 is 2.32 bits per heavy atom. The van der Waals surface area contributed by atoms with Crippen molar-refractivity contribution < 1.29 is 14.3 Å². The molecule has 174 valence electrons. The van der Waals surface area contributed by atoms with Crippen LogP contribution in [0.5, 0.6) is 11.5 Å². The molecule has 0 fully saturated rings. The van der Waals surface area contributed by atoms with Gasteiger partial charge in [-0.15, -0.1) is 0 Å². The molecule has 0 aliphatic rings. The molecule has 0 spiro atoms. The average molecular weight is 696 g/mol. The third-order valence-electron chi connectivity index (χ3n) is 4.86. The fourth-order valence-electron chi connectivity index (χ4n) is 3.12. The van der Waals surface area contributed by atoms with E-state index in [1.165, 1.54) is 11.6 Å². The molecule has 3 aromatic carbocycles. The highest BCUT2D eigenvalue weighted by atomic mass is 127. The predicted molar refractivity (Wildman–Crippen MR) is 150 cm³/mol. The molecule has 34 heavy (non-hydrogen) atoms. The second-order valence-electron chi connectivity index (χ2n) is 7.54. The highest BCUT2D eigenvalue weighted by Gasteiger charge is 2.16. The Morgan fingerprint density at radius 1 is 1.09 bits per heavy atom. The molecule has 0 radical (unpaired) electrons. The molecule has 1 amide bonds. The van der Waals surface area contributed by atoms with Crippen LogP contribution in [-0.4, -0.2) is 13.0 Å². The van der Waals surface area contributed by atoms with Gasteiger partial charge in [0.15, 0.2) is 11.5 Å². The average Bonchev–Trinajstić information content (AvgIpc) is 2.79. The van der Waals surface area contributed by atoms with Crippen molar-refractivity contribution in [1.82, 2.24) is 0 Å². The van der Waals surface area contributed by atoms with E-state index in [0.29, 0.717) is 29.4 Å². The van der Waals surface area contributed by atoms with Crippen LogP contribution < -0.4 is 14.8 Å². The molecule has 0 atom stereocenters. The Morgan fingerprint density at radius 2 is 1.74 bits per heavy atom. The normalized spacial score (nSPS) is 11.0. The van der Waals surface area contributed by atoms with E-state index in [4.69, 9.17) is 9.47 Å². The van der Waals surface area contributed by atoms with E-state index in [-0.39, 0.29) is 5.57 Å². The summed E-state index contributed by atoms with van der Waals surface area (Å²) in [6.07, 6.45) is 1.53. The van der Waals surface area contributed by atoms with Crippen molar-refractivity contribution in [2.75, 3.05) is 12.4 Å². The maximum absolute atomic E-state index is 12.8. The van der Waals surface area contributed by atoms with E-state index in [2.05, 4.69) is 59.8 Å². The predicted octanol–water partition coefficient (Wildman–Crippen LogP) is 7.57. The van der Waals surface area contributed by atoms with E-state index in [1.807, 2.05) is 62.4 Å². The summed E-state index contributed by atoms with van der Waals surface area (Å²) in [6.45, 7) is 4.38.